The van der Waals surface area contributed by atoms with E-state index in [-0.39, 0.29) is 22.0 Å². The zero-order valence-corrected chi connectivity index (χ0v) is 10.9. The molecular formula is C11H8N2O6S. The molecule has 1 saturated heterocycles. The molecule has 0 bridgehead atoms. The first-order chi connectivity index (χ1) is 9.42. The van der Waals surface area contributed by atoms with Gasteiger partial charge in [-0.1, -0.05) is 0 Å². The van der Waals surface area contributed by atoms with Crippen LogP contribution in [0.2, 0.25) is 0 Å². The number of aromatic hydroxyl groups is 1. The van der Waals surface area contributed by atoms with Crippen LogP contribution in [0.3, 0.4) is 0 Å². The molecule has 0 spiro atoms. The van der Waals surface area contributed by atoms with Crippen LogP contribution in [0.4, 0.5) is 10.5 Å². The van der Waals surface area contributed by atoms with E-state index in [1.807, 2.05) is 5.32 Å². The summed E-state index contributed by atoms with van der Waals surface area (Å²) in [4.78, 5) is 32.7. The molecule has 104 valence electrons. The summed E-state index contributed by atoms with van der Waals surface area (Å²) in [6.45, 7) is 0. The fourth-order valence-corrected chi connectivity index (χ4v) is 2.25. The normalized spacial score (nSPS) is 16.4. The third-order valence-corrected chi connectivity index (χ3v) is 3.26. The van der Waals surface area contributed by atoms with Gasteiger partial charge in [0.1, 0.15) is 0 Å². The quantitative estimate of drug-likeness (QED) is 0.494. The largest absolute Gasteiger partial charge is 0.504 e. The van der Waals surface area contributed by atoms with Crippen molar-refractivity contribution < 1.29 is 24.4 Å². The lowest BCUT2D eigenvalue weighted by atomic mass is 10.1. The van der Waals surface area contributed by atoms with Crippen LogP contribution >= 0.6 is 11.8 Å². The van der Waals surface area contributed by atoms with Gasteiger partial charge in [-0.3, -0.25) is 25.0 Å². The topological polar surface area (TPSA) is 119 Å². The predicted molar refractivity (Wildman–Crippen MR) is 70.4 cm³/mol. The van der Waals surface area contributed by atoms with Crippen molar-refractivity contribution in [2.45, 2.75) is 0 Å². The molecule has 2 N–H and O–H groups in total. The van der Waals surface area contributed by atoms with Gasteiger partial charge >= 0.3 is 0 Å². The van der Waals surface area contributed by atoms with Crippen LogP contribution in [0.25, 0.3) is 6.08 Å². The molecule has 2 amide bonds. The van der Waals surface area contributed by atoms with Crippen molar-refractivity contribution in [3.8, 4) is 11.5 Å². The van der Waals surface area contributed by atoms with Crippen LogP contribution in [0.5, 0.6) is 11.5 Å². The van der Waals surface area contributed by atoms with Gasteiger partial charge in [0.25, 0.3) is 16.8 Å². The van der Waals surface area contributed by atoms with E-state index in [1.165, 1.54) is 19.3 Å². The predicted octanol–water partition coefficient (Wildman–Crippen LogP) is 1.63. The average Bonchev–Trinajstić information content (AvgIpc) is 2.69. The number of nitro benzene ring substituents is 1. The monoisotopic (exact) mass is 296 g/mol. The number of benzene rings is 1. The van der Waals surface area contributed by atoms with Crippen molar-refractivity contribution >= 4 is 34.7 Å². The SMILES string of the molecule is COc1cc(/C=C2\SC(=O)NC2=O)c([N+](=O)[O-])cc1O. The van der Waals surface area contributed by atoms with E-state index in [4.69, 9.17) is 4.74 Å². The second-order valence-electron chi connectivity index (χ2n) is 3.69. The maximum Gasteiger partial charge on any atom is 0.290 e. The highest BCUT2D eigenvalue weighted by Gasteiger charge is 2.27. The van der Waals surface area contributed by atoms with E-state index in [2.05, 4.69) is 0 Å². The molecule has 0 radical (unpaired) electrons. The molecular weight excluding hydrogens is 288 g/mol. The number of hydrogen-bond donors (Lipinski definition) is 2. The Morgan fingerprint density at radius 1 is 1.45 bits per heavy atom. The van der Waals surface area contributed by atoms with Crippen LogP contribution in [0.1, 0.15) is 5.56 Å². The summed E-state index contributed by atoms with van der Waals surface area (Å²) >= 11 is 0.642. The maximum absolute atomic E-state index is 11.4. The summed E-state index contributed by atoms with van der Waals surface area (Å²) in [5.74, 6) is -0.987. The maximum atomic E-state index is 11.4. The number of phenolic OH excluding ortho intramolecular Hbond substituents is 1. The van der Waals surface area contributed by atoms with Gasteiger partial charge in [0.2, 0.25) is 0 Å². The summed E-state index contributed by atoms with van der Waals surface area (Å²) in [6, 6.07) is 2.14. The number of nitro groups is 1. The van der Waals surface area contributed by atoms with Gasteiger partial charge in [-0.15, -0.1) is 0 Å². The molecule has 0 atom stereocenters. The number of rotatable bonds is 3. The number of nitrogens with zero attached hydrogens (tertiary/aromatic N) is 1. The molecule has 1 fully saturated rings. The Bertz CT molecular complexity index is 655. The summed E-state index contributed by atoms with van der Waals surface area (Å²) in [5.41, 5.74) is -0.347. The van der Waals surface area contributed by atoms with Gasteiger partial charge in [0.15, 0.2) is 11.5 Å². The Balaban J connectivity index is 2.55. The van der Waals surface area contributed by atoms with Crippen molar-refractivity contribution in [2.75, 3.05) is 7.11 Å². The van der Waals surface area contributed by atoms with Crippen molar-refractivity contribution in [2.24, 2.45) is 0 Å². The van der Waals surface area contributed by atoms with E-state index in [0.29, 0.717) is 11.8 Å². The number of nitrogens with one attached hydrogen (secondary N) is 1. The summed E-state index contributed by atoms with van der Waals surface area (Å²) in [7, 11) is 1.29. The van der Waals surface area contributed by atoms with E-state index in [9.17, 15) is 24.8 Å². The molecule has 2 rings (SSSR count). The number of ether oxygens (including phenoxy) is 1. The highest BCUT2D eigenvalue weighted by atomic mass is 32.2. The minimum Gasteiger partial charge on any atom is -0.504 e. The second kappa shape index (κ2) is 5.21. The number of methoxy groups -OCH3 is 1. The van der Waals surface area contributed by atoms with Crippen LogP contribution in [0.15, 0.2) is 17.0 Å². The minimum atomic E-state index is -0.703. The van der Waals surface area contributed by atoms with Crippen molar-refractivity contribution in [1.82, 2.24) is 5.32 Å². The molecule has 1 aliphatic heterocycles. The van der Waals surface area contributed by atoms with Gasteiger partial charge in [0, 0.05) is 0 Å². The lowest BCUT2D eigenvalue weighted by Crippen LogP contribution is -2.17. The number of imide groups is 1. The van der Waals surface area contributed by atoms with Gasteiger partial charge in [0.05, 0.1) is 28.6 Å². The van der Waals surface area contributed by atoms with Crippen molar-refractivity contribution in [1.29, 1.82) is 0 Å². The second-order valence-corrected chi connectivity index (χ2v) is 4.71. The fourth-order valence-electron chi connectivity index (χ4n) is 1.57. The Hall–Kier alpha value is -2.55. The number of carbonyl (C=O) groups excluding carboxylic acids is 2. The lowest BCUT2D eigenvalue weighted by Gasteiger charge is -2.05. The van der Waals surface area contributed by atoms with Crippen LogP contribution < -0.4 is 10.1 Å². The Kier molecular flexibility index (Phi) is 3.61. The number of hydrogen-bond acceptors (Lipinski definition) is 7. The van der Waals surface area contributed by atoms with Crippen LogP contribution in [-0.4, -0.2) is 28.3 Å². The molecule has 0 aromatic heterocycles. The average molecular weight is 296 g/mol. The Morgan fingerprint density at radius 2 is 2.15 bits per heavy atom. The van der Waals surface area contributed by atoms with E-state index < -0.39 is 21.8 Å². The smallest absolute Gasteiger partial charge is 0.290 e. The van der Waals surface area contributed by atoms with E-state index >= 15 is 0 Å². The Labute approximate surface area is 116 Å². The number of thioether (sulfide) groups is 1. The molecule has 8 nitrogen and oxygen atoms in total. The van der Waals surface area contributed by atoms with Gasteiger partial charge in [-0.2, -0.15) is 0 Å². The first kappa shape index (κ1) is 13.9. The standard InChI is InChI=1S/C11H8N2O6S/c1-19-8-2-5(6(13(17)18)4-7(8)14)3-9-10(15)12-11(16)20-9/h2-4,14H,1H3,(H,12,15,16)/b9-3-. The first-order valence-corrected chi connectivity index (χ1v) is 6.04. The molecule has 0 unspecified atom stereocenters. The molecule has 0 saturated carbocycles. The molecule has 9 heteroatoms. The summed E-state index contributed by atoms with van der Waals surface area (Å²) in [6.07, 6.45) is 1.20. The van der Waals surface area contributed by atoms with Gasteiger partial charge in [-0.25, -0.2) is 0 Å². The molecule has 1 aromatic carbocycles. The highest BCUT2D eigenvalue weighted by molar-refractivity contribution is 8.18. The van der Waals surface area contributed by atoms with E-state index in [1.54, 1.807) is 0 Å². The van der Waals surface area contributed by atoms with Crippen molar-refractivity contribution in [3.05, 3.63) is 32.7 Å². The third-order valence-electron chi connectivity index (χ3n) is 2.45. The molecule has 1 aliphatic rings. The van der Waals surface area contributed by atoms with Gasteiger partial charge < -0.3 is 9.84 Å². The van der Waals surface area contributed by atoms with Crippen LogP contribution in [-0.2, 0) is 4.79 Å². The highest BCUT2D eigenvalue weighted by Crippen LogP contribution is 2.36. The lowest BCUT2D eigenvalue weighted by molar-refractivity contribution is -0.385. The molecule has 20 heavy (non-hydrogen) atoms. The minimum absolute atomic E-state index is 0.0252. The van der Waals surface area contributed by atoms with E-state index in [0.717, 1.165) is 6.07 Å². The third kappa shape index (κ3) is 2.57. The molecule has 0 aliphatic carbocycles. The summed E-state index contributed by atoms with van der Waals surface area (Å²) in [5, 5.41) is 22.0. The fraction of sp³-hybridized carbons (Fsp3) is 0.0909. The van der Waals surface area contributed by atoms with Gasteiger partial charge in [-0.05, 0) is 23.9 Å². The molecule has 1 heterocycles. The number of carbonyl (C=O) groups is 2. The zero-order valence-electron chi connectivity index (χ0n) is 10.1. The summed E-state index contributed by atoms with van der Waals surface area (Å²) < 4.78 is 4.86. The van der Waals surface area contributed by atoms with Crippen LogP contribution in [0, 0.1) is 10.1 Å². The first-order valence-electron chi connectivity index (χ1n) is 5.22. The number of phenols is 1. The molecule has 1 aromatic rings. The zero-order chi connectivity index (χ0) is 14.9. The number of amides is 2. The van der Waals surface area contributed by atoms with Crippen molar-refractivity contribution in [3.63, 3.8) is 0 Å². The Morgan fingerprint density at radius 3 is 2.65 bits per heavy atom.